The van der Waals surface area contributed by atoms with Gasteiger partial charge in [-0.3, -0.25) is 9.52 Å². The fraction of sp³-hybridized carbons (Fsp3) is 0.889. The Morgan fingerprint density at radius 3 is 2.33 bits per heavy atom. The molecule has 0 aromatic heterocycles. The van der Waals surface area contributed by atoms with Crippen LogP contribution in [0.3, 0.4) is 0 Å². The molecule has 1 aliphatic rings. The van der Waals surface area contributed by atoms with Crippen molar-refractivity contribution in [3.05, 3.63) is 0 Å². The summed E-state index contributed by atoms with van der Waals surface area (Å²) in [6, 6.07) is 0. The fourth-order valence-electron chi connectivity index (χ4n) is 1.33. The average Bonchev–Trinajstić information content (AvgIpc) is 2.18. The van der Waals surface area contributed by atoms with E-state index >= 15 is 0 Å². The number of nitrogens with one attached hydrogen (secondary N) is 1. The summed E-state index contributed by atoms with van der Waals surface area (Å²) in [6.07, 6.45) is 0.918. The van der Waals surface area contributed by atoms with Crippen molar-refractivity contribution < 1.29 is 17.9 Å². The van der Waals surface area contributed by atoms with Crippen molar-refractivity contribution >= 4 is 15.9 Å². The highest BCUT2D eigenvalue weighted by atomic mass is 32.2. The molecule has 0 atom stereocenters. The summed E-state index contributed by atoms with van der Waals surface area (Å²) in [5.41, 5.74) is 0. The molecule has 0 saturated carbocycles. The topological polar surface area (TPSA) is 72.5 Å². The number of hydrogen-bond donors (Lipinski definition) is 1. The maximum Gasteiger partial charge on any atom is 0.237 e. The van der Waals surface area contributed by atoms with Crippen LogP contribution in [-0.2, 0) is 19.6 Å². The van der Waals surface area contributed by atoms with Gasteiger partial charge in [-0.1, -0.05) is 13.8 Å². The molecule has 6 heteroatoms. The highest BCUT2D eigenvalue weighted by molar-refractivity contribution is 7.90. The van der Waals surface area contributed by atoms with E-state index < -0.39 is 21.2 Å². The molecule has 0 bridgehead atoms. The van der Waals surface area contributed by atoms with Crippen molar-refractivity contribution in [3.8, 4) is 0 Å². The zero-order valence-electron chi connectivity index (χ0n) is 9.02. The van der Waals surface area contributed by atoms with E-state index in [2.05, 4.69) is 4.72 Å². The number of ether oxygens (including phenoxy) is 1. The van der Waals surface area contributed by atoms with Gasteiger partial charge in [0.1, 0.15) is 0 Å². The van der Waals surface area contributed by atoms with Crippen LogP contribution in [0.4, 0.5) is 0 Å². The van der Waals surface area contributed by atoms with E-state index in [-0.39, 0.29) is 5.92 Å². The maximum absolute atomic E-state index is 11.7. The predicted molar refractivity (Wildman–Crippen MR) is 55.7 cm³/mol. The summed E-state index contributed by atoms with van der Waals surface area (Å²) >= 11 is 0. The SMILES string of the molecule is CC(C)C(=O)NS(=O)(=O)C1CCOCC1. The highest BCUT2D eigenvalue weighted by Gasteiger charge is 2.29. The first-order valence-corrected chi connectivity index (χ1v) is 6.61. The standard InChI is InChI=1S/C9H17NO4S/c1-7(2)9(11)10-15(12,13)8-3-5-14-6-4-8/h7-8H,3-6H2,1-2H3,(H,10,11). The molecular formula is C9H17NO4S. The van der Waals surface area contributed by atoms with Crippen LogP contribution in [-0.4, -0.2) is 32.8 Å². The summed E-state index contributed by atoms with van der Waals surface area (Å²) in [4.78, 5) is 11.3. The fourth-order valence-corrected chi connectivity index (χ4v) is 2.82. The Kier molecular flexibility index (Phi) is 4.10. The number of rotatable bonds is 3. The molecule has 1 amide bonds. The minimum absolute atomic E-state index is 0.320. The van der Waals surface area contributed by atoms with Gasteiger partial charge in [-0.2, -0.15) is 0 Å². The molecule has 0 spiro atoms. The Morgan fingerprint density at radius 2 is 1.87 bits per heavy atom. The second-order valence-corrected chi connectivity index (χ2v) is 5.94. The first-order chi connectivity index (χ1) is 6.93. The van der Waals surface area contributed by atoms with Crippen molar-refractivity contribution in [1.82, 2.24) is 4.72 Å². The van der Waals surface area contributed by atoms with E-state index in [0.717, 1.165) is 0 Å². The summed E-state index contributed by atoms with van der Waals surface area (Å²) in [7, 11) is -3.51. The van der Waals surface area contributed by atoms with E-state index in [9.17, 15) is 13.2 Å². The third-order valence-electron chi connectivity index (χ3n) is 2.37. The molecule has 0 aliphatic carbocycles. The van der Waals surface area contributed by atoms with Gasteiger partial charge in [-0.25, -0.2) is 8.42 Å². The monoisotopic (exact) mass is 235 g/mol. The highest BCUT2D eigenvalue weighted by Crippen LogP contribution is 2.14. The summed E-state index contributed by atoms with van der Waals surface area (Å²) in [5, 5.41) is -0.492. The Morgan fingerprint density at radius 1 is 1.33 bits per heavy atom. The number of sulfonamides is 1. The van der Waals surface area contributed by atoms with Crippen LogP contribution < -0.4 is 4.72 Å². The van der Waals surface area contributed by atoms with Crippen LogP contribution in [0, 0.1) is 5.92 Å². The largest absolute Gasteiger partial charge is 0.381 e. The van der Waals surface area contributed by atoms with Gasteiger partial charge in [0.2, 0.25) is 15.9 Å². The van der Waals surface area contributed by atoms with Crippen LogP contribution in [0.2, 0.25) is 0 Å². The molecule has 1 N–H and O–H groups in total. The van der Waals surface area contributed by atoms with E-state index in [4.69, 9.17) is 4.74 Å². The second-order valence-electron chi connectivity index (χ2n) is 3.98. The van der Waals surface area contributed by atoms with Crippen LogP contribution >= 0.6 is 0 Å². The molecule has 1 heterocycles. The van der Waals surface area contributed by atoms with Gasteiger partial charge in [0.25, 0.3) is 0 Å². The number of amides is 1. The zero-order chi connectivity index (χ0) is 11.5. The second kappa shape index (κ2) is 4.94. The Bertz CT molecular complexity index is 317. The quantitative estimate of drug-likeness (QED) is 0.762. The number of carbonyl (C=O) groups is 1. The van der Waals surface area contributed by atoms with Crippen molar-refractivity contribution in [2.45, 2.75) is 31.9 Å². The third-order valence-corrected chi connectivity index (χ3v) is 4.21. The first-order valence-electron chi connectivity index (χ1n) is 5.06. The maximum atomic E-state index is 11.7. The average molecular weight is 235 g/mol. The number of hydrogen-bond acceptors (Lipinski definition) is 4. The molecule has 0 unspecified atom stereocenters. The van der Waals surface area contributed by atoms with Gasteiger partial charge in [-0.05, 0) is 12.8 Å². The molecule has 0 aromatic carbocycles. The molecule has 0 radical (unpaired) electrons. The molecule has 1 fully saturated rings. The lowest BCUT2D eigenvalue weighted by atomic mass is 10.2. The molecule has 1 aliphatic heterocycles. The van der Waals surface area contributed by atoms with Crippen LogP contribution in [0.25, 0.3) is 0 Å². The lowest BCUT2D eigenvalue weighted by Gasteiger charge is -2.22. The molecule has 1 rings (SSSR count). The molecule has 88 valence electrons. The van der Waals surface area contributed by atoms with Crippen LogP contribution in [0.1, 0.15) is 26.7 Å². The van der Waals surface area contributed by atoms with Gasteiger partial charge in [-0.15, -0.1) is 0 Å². The Labute approximate surface area is 90.2 Å². The van der Waals surface area contributed by atoms with Gasteiger partial charge in [0, 0.05) is 19.1 Å². The summed E-state index contributed by atoms with van der Waals surface area (Å²) in [6.45, 7) is 4.21. The molecule has 15 heavy (non-hydrogen) atoms. The van der Waals surface area contributed by atoms with Gasteiger partial charge in [0.05, 0.1) is 5.25 Å². The lowest BCUT2D eigenvalue weighted by Crippen LogP contribution is -2.42. The summed E-state index contributed by atoms with van der Waals surface area (Å²) in [5.74, 6) is -0.763. The smallest absolute Gasteiger partial charge is 0.237 e. The molecular weight excluding hydrogens is 218 g/mol. The van der Waals surface area contributed by atoms with Crippen molar-refractivity contribution in [2.75, 3.05) is 13.2 Å². The first kappa shape index (κ1) is 12.4. The van der Waals surface area contributed by atoms with Gasteiger partial charge >= 0.3 is 0 Å². The zero-order valence-corrected chi connectivity index (χ0v) is 9.84. The van der Waals surface area contributed by atoms with Crippen molar-refractivity contribution in [3.63, 3.8) is 0 Å². The minimum Gasteiger partial charge on any atom is -0.381 e. The Balaban J connectivity index is 2.61. The number of carbonyl (C=O) groups excluding carboxylic acids is 1. The van der Waals surface area contributed by atoms with Gasteiger partial charge < -0.3 is 4.74 Å². The predicted octanol–water partition coefficient (Wildman–Crippen LogP) is 0.267. The van der Waals surface area contributed by atoms with E-state index in [1.165, 1.54) is 0 Å². The van der Waals surface area contributed by atoms with Gasteiger partial charge in [0.15, 0.2) is 0 Å². The molecule has 5 nitrogen and oxygen atoms in total. The molecule has 1 saturated heterocycles. The summed E-state index contributed by atoms with van der Waals surface area (Å²) < 4.78 is 30.6. The lowest BCUT2D eigenvalue weighted by molar-refractivity contribution is -0.122. The Hall–Kier alpha value is -0.620. The van der Waals surface area contributed by atoms with Crippen LogP contribution in [0.5, 0.6) is 0 Å². The van der Waals surface area contributed by atoms with E-state index in [1.807, 2.05) is 0 Å². The van der Waals surface area contributed by atoms with Crippen molar-refractivity contribution in [1.29, 1.82) is 0 Å². The van der Waals surface area contributed by atoms with E-state index in [0.29, 0.717) is 26.1 Å². The van der Waals surface area contributed by atoms with Crippen molar-refractivity contribution in [2.24, 2.45) is 5.92 Å². The minimum atomic E-state index is -3.51. The van der Waals surface area contributed by atoms with E-state index in [1.54, 1.807) is 13.8 Å². The molecule has 0 aromatic rings. The normalized spacial score (nSPS) is 19.1. The van der Waals surface area contributed by atoms with Crippen LogP contribution in [0.15, 0.2) is 0 Å². The third kappa shape index (κ3) is 3.46.